The minimum atomic E-state index is -0.866. The fraction of sp³-hybridized carbons (Fsp3) is 0.654. The molecular formula is C26H34N2O7. The van der Waals surface area contributed by atoms with Crippen molar-refractivity contribution in [3.05, 3.63) is 18.2 Å². The maximum Gasteiger partial charge on any atom is 0.329 e. The third kappa shape index (κ3) is 4.70. The zero-order valence-corrected chi connectivity index (χ0v) is 20.3. The van der Waals surface area contributed by atoms with Crippen molar-refractivity contribution in [2.75, 3.05) is 32.7 Å². The van der Waals surface area contributed by atoms with Crippen LogP contribution in [0.25, 0.3) is 0 Å². The van der Waals surface area contributed by atoms with Gasteiger partial charge in [-0.2, -0.15) is 0 Å². The number of methoxy groups -OCH3 is 2. The monoisotopic (exact) mass is 486 g/mol. The number of rotatable bonds is 7. The second kappa shape index (κ2) is 9.33. The summed E-state index contributed by atoms with van der Waals surface area (Å²) in [6, 6.07) is 4.06. The van der Waals surface area contributed by atoms with Crippen LogP contribution in [0.3, 0.4) is 0 Å². The van der Waals surface area contributed by atoms with Crippen molar-refractivity contribution in [3.8, 4) is 11.5 Å². The minimum absolute atomic E-state index is 0.0111. The number of likely N-dealkylation sites (tertiary alicyclic amines) is 1. The SMILES string of the molecule is COc1cc(NC(=O)COC(=O)[C@@H]2CC(O)CN2C(=O)C23CC4CC(CC(C4)C2)C3)cc(OC)c1. The van der Waals surface area contributed by atoms with Gasteiger partial charge < -0.3 is 29.5 Å². The molecular weight excluding hydrogens is 452 g/mol. The summed E-state index contributed by atoms with van der Waals surface area (Å²) in [4.78, 5) is 40.7. The van der Waals surface area contributed by atoms with Crippen LogP contribution in [0, 0.1) is 23.2 Å². The molecule has 4 bridgehead atoms. The number of hydrogen-bond donors (Lipinski definition) is 2. The van der Waals surface area contributed by atoms with Crippen molar-refractivity contribution in [2.45, 2.75) is 57.1 Å². The number of carbonyl (C=O) groups is 3. The summed E-state index contributed by atoms with van der Waals surface area (Å²) in [6.45, 7) is -0.361. The van der Waals surface area contributed by atoms with Crippen LogP contribution in [0.1, 0.15) is 44.9 Å². The third-order valence-corrected chi connectivity index (χ3v) is 8.28. The van der Waals surface area contributed by atoms with E-state index < -0.39 is 36.0 Å². The molecule has 0 spiro atoms. The number of esters is 1. The number of benzene rings is 1. The van der Waals surface area contributed by atoms with E-state index in [4.69, 9.17) is 14.2 Å². The van der Waals surface area contributed by atoms with Crippen molar-refractivity contribution in [1.29, 1.82) is 0 Å². The van der Waals surface area contributed by atoms with E-state index in [0.29, 0.717) is 34.9 Å². The minimum Gasteiger partial charge on any atom is -0.497 e. The van der Waals surface area contributed by atoms with Crippen molar-refractivity contribution >= 4 is 23.5 Å². The molecule has 4 saturated carbocycles. The van der Waals surface area contributed by atoms with Crippen LogP contribution in [-0.2, 0) is 19.1 Å². The lowest BCUT2D eigenvalue weighted by Crippen LogP contribution is -2.56. The van der Waals surface area contributed by atoms with Gasteiger partial charge in [-0.25, -0.2) is 4.79 Å². The van der Waals surface area contributed by atoms with E-state index in [1.807, 2.05) is 0 Å². The maximum atomic E-state index is 13.8. The molecule has 6 rings (SSSR count). The van der Waals surface area contributed by atoms with Gasteiger partial charge in [0.25, 0.3) is 5.91 Å². The fourth-order valence-corrected chi connectivity index (χ4v) is 7.25. The number of nitrogens with one attached hydrogen (secondary N) is 1. The molecule has 2 atom stereocenters. The molecule has 1 aromatic rings. The first-order valence-corrected chi connectivity index (χ1v) is 12.5. The first-order valence-electron chi connectivity index (χ1n) is 12.5. The maximum absolute atomic E-state index is 13.8. The molecule has 35 heavy (non-hydrogen) atoms. The molecule has 0 radical (unpaired) electrons. The highest BCUT2D eigenvalue weighted by atomic mass is 16.5. The van der Waals surface area contributed by atoms with E-state index >= 15 is 0 Å². The van der Waals surface area contributed by atoms with E-state index in [-0.39, 0.29) is 18.9 Å². The van der Waals surface area contributed by atoms with Crippen LogP contribution in [-0.4, -0.2) is 67.3 Å². The largest absolute Gasteiger partial charge is 0.497 e. The summed E-state index contributed by atoms with van der Waals surface area (Å²) in [5.74, 6) is 1.63. The number of β-amino-alcohol motifs (C(OH)–C–C–N with tert-alkyl or cyclic N) is 1. The third-order valence-electron chi connectivity index (χ3n) is 8.28. The van der Waals surface area contributed by atoms with E-state index in [0.717, 1.165) is 19.3 Å². The lowest BCUT2D eigenvalue weighted by molar-refractivity contribution is -0.166. The van der Waals surface area contributed by atoms with Gasteiger partial charge in [0.05, 0.1) is 25.7 Å². The quantitative estimate of drug-likeness (QED) is 0.569. The summed E-state index contributed by atoms with van der Waals surface area (Å²) >= 11 is 0. The van der Waals surface area contributed by atoms with Gasteiger partial charge in [0.15, 0.2) is 6.61 Å². The molecule has 9 nitrogen and oxygen atoms in total. The van der Waals surface area contributed by atoms with Gasteiger partial charge in [-0.05, 0) is 56.3 Å². The van der Waals surface area contributed by atoms with Gasteiger partial charge in [-0.15, -0.1) is 0 Å². The lowest BCUT2D eigenvalue weighted by Gasteiger charge is -2.56. The molecule has 2 N–H and O–H groups in total. The molecule has 5 fully saturated rings. The van der Waals surface area contributed by atoms with Crippen molar-refractivity contribution in [2.24, 2.45) is 23.2 Å². The van der Waals surface area contributed by atoms with Gasteiger partial charge in [0.1, 0.15) is 17.5 Å². The number of carbonyl (C=O) groups excluding carboxylic acids is 3. The van der Waals surface area contributed by atoms with E-state index in [2.05, 4.69) is 5.32 Å². The Balaban J connectivity index is 1.21. The van der Waals surface area contributed by atoms with Crippen LogP contribution in [0.2, 0.25) is 0 Å². The molecule has 1 unspecified atom stereocenters. The first kappa shape index (κ1) is 23.9. The summed E-state index contributed by atoms with van der Waals surface area (Å²) in [5.41, 5.74) is 0.0392. The second-order valence-corrected chi connectivity index (χ2v) is 10.8. The Hall–Kier alpha value is -2.81. The van der Waals surface area contributed by atoms with Crippen LogP contribution in [0.4, 0.5) is 5.69 Å². The van der Waals surface area contributed by atoms with Gasteiger partial charge in [-0.3, -0.25) is 9.59 Å². The van der Waals surface area contributed by atoms with Gasteiger partial charge in [-0.1, -0.05) is 0 Å². The Morgan fingerprint density at radius 2 is 1.54 bits per heavy atom. The number of hydrogen-bond acceptors (Lipinski definition) is 7. The number of aliphatic hydroxyl groups is 1. The predicted molar refractivity (Wildman–Crippen MR) is 126 cm³/mol. The predicted octanol–water partition coefficient (Wildman–Crippen LogP) is 2.36. The van der Waals surface area contributed by atoms with Gasteiger partial charge in [0.2, 0.25) is 5.91 Å². The highest BCUT2D eigenvalue weighted by Gasteiger charge is 2.57. The standard InChI is InChI=1S/C26H34N2O7/c1-33-20-6-18(7-21(9-20)34-2)27-23(30)14-35-24(31)22-8-19(29)13-28(22)25(32)26-10-15-3-16(11-26)5-17(4-15)12-26/h6-7,9,15-17,19,22,29H,3-5,8,10-14H2,1-2H3,(H,27,30)/t15?,16?,17?,19?,22-,26?/m0/s1. The number of ether oxygens (including phenoxy) is 3. The smallest absolute Gasteiger partial charge is 0.329 e. The number of anilines is 1. The van der Waals surface area contributed by atoms with Crippen LogP contribution in [0.5, 0.6) is 11.5 Å². The summed E-state index contributed by atoms with van der Waals surface area (Å²) < 4.78 is 15.7. The molecule has 1 aromatic carbocycles. The Kier molecular flexibility index (Phi) is 6.38. The topological polar surface area (TPSA) is 114 Å². The highest BCUT2D eigenvalue weighted by molar-refractivity contribution is 5.94. The number of nitrogens with zero attached hydrogens (tertiary/aromatic N) is 1. The molecule has 2 amide bonds. The fourth-order valence-electron chi connectivity index (χ4n) is 7.25. The summed E-state index contributed by atoms with van der Waals surface area (Å²) in [5, 5.41) is 13.0. The lowest BCUT2D eigenvalue weighted by atomic mass is 9.49. The normalized spacial score (nSPS) is 32.9. The van der Waals surface area contributed by atoms with E-state index in [9.17, 15) is 19.5 Å². The molecule has 5 aliphatic rings. The number of aliphatic hydroxyl groups excluding tert-OH is 1. The van der Waals surface area contributed by atoms with Crippen molar-refractivity contribution in [3.63, 3.8) is 0 Å². The highest BCUT2D eigenvalue weighted by Crippen LogP contribution is 2.60. The molecule has 190 valence electrons. The molecule has 1 heterocycles. The second-order valence-electron chi connectivity index (χ2n) is 10.8. The van der Waals surface area contributed by atoms with Crippen LogP contribution >= 0.6 is 0 Å². The zero-order valence-electron chi connectivity index (χ0n) is 20.3. The average Bonchev–Trinajstić information content (AvgIpc) is 3.22. The zero-order chi connectivity index (χ0) is 24.7. The van der Waals surface area contributed by atoms with Crippen molar-refractivity contribution in [1.82, 2.24) is 4.90 Å². The molecule has 9 heteroatoms. The Labute approximate surface area is 205 Å². The van der Waals surface area contributed by atoms with Crippen LogP contribution < -0.4 is 14.8 Å². The van der Waals surface area contributed by atoms with Crippen molar-refractivity contribution < 1.29 is 33.7 Å². The summed E-state index contributed by atoms with van der Waals surface area (Å²) in [6.07, 6.45) is 5.67. The van der Waals surface area contributed by atoms with Gasteiger partial charge >= 0.3 is 5.97 Å². The average molecular weight is 487 g/mol. The van der Waals surface area contributed by atoms with E-state index in [1.54, 1.807) is 18.2 Å². The van der Waals surface area contributed by atoms with E-state index in [1.165, 1.54) is 38.4 Å². The Bertz CT molecular complexity index is 952. The first-order chi connectivity index (χ1) is 16.8. The Morgan fingerprint density at radius 3 is 2.09 bits per heavy atom. The Morgan fingerprint density at radius 1 is 0.971 bits per heavy atom. The summed E-state index contributed by atoms with van der Waals surface area (Å²) in [7, 11) is 3.02. The van der Waals surface area contributed by atoms with Gasteiger partial charge in [0, 0.05) is 36.9 Å². The molecule has 1 aliphatic heterocycles. The number of amides is 2. The molecule has 0 aromatic heterocycles. The molecule has 4 aliphatic carbocycles. The molecule has 1 saturated heterocycles. The van der Waals surface area contributed by atoms with Crippen LogP contribution in [0.15, 0.2) is 18.2 Å².